The van der Waals surface area contributed by atoms with Crippen LogP contribution in [-0.2, 0) is 37.2 Å². The molecule has 57 heavy (non-hydrogen) atoms. The predicted molar refractivity (Wildman–Crippen MR) is 196 cm³/mol. The highest BCUT2D eigenvalue weighted by molar-refractivity contribution is 5.99. The second-order valence-corrected chi connectivity index (χ2v) is 13.3. The van der Waals surface area contributed by atoms with Gasteiger partial charge in [0.25, 0.3) is 11.5 Å². The number of pyridine rings is 2. The van der Waals surface area contributed by atoms with Gasteiger partial charge in [-0.3, -0.25) is 24.1 Å². The highest BCUT2D eigenvalue weighted by Crippen LogP contribution is 2.33. The van der Waals surface area contributed by atoms with Gasteiger partial charge in [0.05, 0.1) is 53.2 Å². The van der Waals surface area contributed by atoms with Crippen LogP contribution in [0.15, 0.2) is 70.6 Å². The zero-order chi connectivity index (χ0) is 41.2. The number of hydrogen-bond donors (Lipinski definition) is 1. The summed E-state index contributed by atoms with van der Waals surface area (Å²) in [6.45, 7) is 2.68. The summed E-state index contributed by atoms with van der Waals surface area (Å²) in [6, 6.07) is 6.01. The molecule has 0 bridgehead atoms. The lowest BCUT2D eigenvalue weighted by Crippen LogP contribution is -2.53. The number of esters is 1. The first-order valence-corrected chi connectivity index (χ1v) is 17.5. The molecule has 6 rings (SSSR count). The number of morpholine rings is 1. The van der Waals surface area contributed by atoms with Gasteiger partial charge in [-0.05, 0) is 62.2 Å². The fourth-order valence-electron chi connectivity index (χ4n) is 6.55. The maximum Gasteiger partial charge on any atom is 0.511 e. The van der Waals surface area contributed by atoms with Crippen LogP contribution in [-0.4, -0.2) is 88.0 Å². The number of amides is 1. The molecule has 0 unspecified atom stereocenters. The molecule has 0 aliphatic carbocycles. The zero-order valence-corrected chi connectivity index (χ0v) is 31.0. The summed E-state index contributed by atoms with van der Waals surface area (Å²) in [5, 5.41) is 3.02. The Morgan fingerprint density at radius 1 is 1.05 bits per heavy atom. The quantitative estimate of drug-likeness (QED) is 0.121. The fraction of sp³-hybridized carbons (Fsp3) is 0.342. The van der Waals surface area contributed by atoms with Gasteiger partial charge < -0.3 is 29.2 Å². The van der Waals surface area contributed by atoms with E-state index in [0.29, 0.717) is 16.5 Å². The molecule has 1 amide bonds. The molecule has 300 valence electrons. The van der Waals surface area contributed by atoms with Crippen molar-refractivity contribution >= 4 is 45.5 Å². The summed E-state index contributed by atoms with van der Waals surface area (Å²) < 4.78 is 79.2. The molecule has 1 aliphatic heterocycles. The number of fused-ring (bicyclic) bond motifs is 2. The molecule has 2 atom stereocenters. The van der Waals surface area contributed by atoms with Crippen LogP contribution in [0.5, 0.6) is 0 Å². The summed E-state index contributed by atoms with van der Waals surface area (Å²) >= 11 is 0. The lowest BCUT2D eigenvalue weighted by atomic mass is 9.99. The van der Waals surface area contributed by atoms with Gasteiger partial charge in [0, 0.05) is 43.5 Å². The van der Waals surface area contributed by atoms with Gasteiger partial charge in [0.1, 0.15) is 17.9 Å². The highest BCUT2D eigenvalue weighted by Gasteiger charge is 2.45. The Labute approximate surface area is 320 Å². The molecule has 1 saturated heterocycles. The number of carbonyl (C=O) groups is 3. The van der Waals surface area contributed by atoms with E-state index in [0.717, 1.165) is 15.5 Å². The fourth-order valence-corrected chi connectivity index (χ4v) is 6.55. The lowest BCUT2D eigenvalue weighted by Gasteiger charge is -2.38. The van der Waals surface area contributed by atoms with E-state index >= 15 is 4.39 Å². The van der Waals surface area contributed by atoms with Crippen LogP contribution in [0.1, 0.15) is 35.3 Å². The number of ether oxygens (including phenoxy) is 4. The van der Waals surface area contributed by atoms with E-state index in [1.807, 2.05) is 0 Å². The first kappa shape index (κ1) is 40.3. The number of halogens is 4. The first-order chi connectivity index (χ1) is 27.1. The molecule has 4 heterocycles. The van der Waals surface area contributed by atoms with Crippen LogP contribution in [0.4, 0.5) is 28.0 Å². The molecule has 3 aromatic heterocycles. The van der Waals surface area contributed by atoms with Gasteiger partial charge in [-0.15, -0.1) is 0 Å². The third-order valence-corrected chi connectivity index (χ3v) is 9.21. The number of carbonyl (C=O) groups excluding carboxylic acids is 3. The number of aryl methyl sites for hydroxylation is 2. The van der Waals surface area contributed by atoms with E-state index in [4.69, 9.17) is 18.9 Å². The van der Waals surface area contributed by atoms with Gasteiger partial charge in [0.15, 0.2) is 0 Å². The van der Waals surface area contributed by atoms with Crippen LogP contribution in [0.2, 0.25) is 0 Å². The SMILES string of the molecule is Cc1cc(N2CCOC[C@@H]2C(F)(F)F)cc(F)c1C(=O)N[C@@H](Cc1ccc(-n2c(=O)c3ccncc3n(C)c2=O)c2ncccc12)C(=O)OCOC(=O)OC(C)C. The molecule has 0 saturated carbocycles. The molecule has 0 radical (unpaired) electrons. The second kappa shape index (κ2) is 16.4. The molecule has 2 aromatic carbocycles. The molecule has 1 fully saturated rings. The van der Waals surface area contributed by atoms with Crippen LogP contribution in [0, 0.1) is 12.7 Å². The monoisotopic (exact) mass is 796 g/mol. The minimum atomic E-state index is -4.68. The van der Waals surface area contributed by atoms with Gasteiger partial charge in [-0.25, -0.2) is 23.3 Å². The third-order valence-electron chi connectivity index (χ3n) is 9.21. The average Bonchev–Trinajstić information content (AvgIpc) is 3.16. The van der Waals surface area contributed by atoms with Crippen molar-refractivity contribution in [3.8, 4) is 5.69 Å². The van der Waals surface area contributed by atoms with Crippen molar-refractivity contribution < 1.29 is 50.9 Å². The van der Waals surface area contributed by atoms with E-state index in [-0.39, 0.29) is 47.4 Å². The molecule has 15 nitrogen and oxygen atoms in total. The predicted octanol–water partition coefficient (Wildman–Crippen LogP) is 4.25. The third kappa shape index (κ3) is 8.42. The van der Waals surface area contributed by atoms with E-state index < -0.39 is 78.4 Å². The molecule has 1 aliphatic rings. The number of nitrogens with one attached hydrogen (secondary N) is 1. The molecule has 0 spiro atoms. The number of hydrogen-bond acceptors (Lipinski definition) is 12. The van der Waals surface area contributed by atoms with E-state index in [1.165, 1.54) is 61.4 Å². The van der Waals surface area contributed by atoms with E-state index in [1.54, 1.807) is 26.0 Å². The Morgan fingerprint density at radius 2 is 1.82 bits per heavy atom. The highest BCUT2D eigenvalue weighted by atomic mass is 19.4. The van der Waals surface area contributed by atoms with E-state index in [9.17, 15) is 37.1 Å². The standard InChI is InChI=1S/C38H36F4N6O9/c1-20(2)57-37(53)56-19-55-35(51)27(45-33(49)31-21(3)14-23(16-26(31)39)47-12-13-54-18-30(47)38(40,41)42)15-22-7-8-28(32-24(22)6-5-10-44-32)48-34(50)25-9-11-43-17-29(25)46(4)36(48)52/h5-11,14,16-17,20,27,30H,12-13,15,18-19H2,1-4H3,(H,45,49)/t27-,30+/m0/s1. The minimum Gasteiger partial charge on any atom is -0.431 e. The van der Waals surface area contributed by atoms with Crippen molar-refractivity contribution in [2.75, 3.05) is 31.5 Å². The largest absolute Gasteiger partial charge is 0.511 e. The summed E-state index contributed by atoms with van der Waals surface area (Å²) in [6.07, 6.45) is -2.45. The molecular weight excluding hydrogens is 760 g/mol. The van der Waals surface area contributed by atoms with Crippen molar-refractivity contribution in [2.24, 2.45) is 7.05 Å². The number of nitrogens with zero attached hydrogens (tertiary/aromatic N) is 5. The minimum absolute atomic E-state index is 0.0287. The Morgan fingerprint density at radius 3 is 2.54 bits per heavy atom. The van der Waals surface area contributed by atoms with Crippen molar-refractivity contribution in [1.82, 2.24) is 24.4 Å². The number of rotatable bonds is 10. The van der Waals surface area contributed by atoms with Crippen LogP contribution >= 0.6 is 0 Å². The maximum absolute atomic E-state index is 15.8. The number of alkyl halides is 3. The smallest absolute Gasteiger partial charge is 0.431 e. The number of aromatic nitrogens is 4. The van der Waals surface area contributed by atoms with Gasteiger partial charge in [0.2, 0.25) is 6.79 Å². The summed E-state index contributed by atoms with van der Waals surface area (Å²) in [5.74, 6) is -3.38. The van der Waals surface area contributed by atoms with Crippen LogP contribution in [0.25, 0.3) is 27.5 Å². The Kier molecular flexibility index (Phi) is 11.6. The summed E-state index contributed by atoms with van der Waals surface area (Å²) in [7, 11) is 1.48. The molecule has 5 aromatic rings. The zero-order valence-electron chi connectivity index (χ0n) is 31.0. The normalized spacial score (nSPS) is 15.1. The van der Waals surface area contributed by atoms with Crippen LogP contribution < -0.4 is 21.5 Å². The van der Waals surface area contributed by atoms with Gasteiger partial charge in [-0.2, -0.15) is 13.2 Å². The van der Waals surface area contributed by atoms with Crippen molar-refractivity contribution in [1.29, 1.82) is 0 Å². The average molecular weight is 797 g/mol. The Bertz CT molecular complexity index is 2460. The van der Waals surface area contributed by atoms with Gasteiger partial charge >= 0.3 is 24.0 Å². The first-order valence-electron chi connectivity index (χ1n) is 17.5. The summed E-state index contributed by atoms with van der Waals surface area (Å²) in [5.41, 5.74) is -1.05. The van der Waals surface area contributed by atoms with E-state index in [2.05, 4.69) is 15.3 Å². The maximum atomic E-state index is 15.8. The van der Waals surface area contributed by atoms with Crippen molar-refractivity contribution in [3.63, 3.8) is 0 Å². The summed E-state index contributed by atoms with van der Waals surface area (Å²) in [4.78, 5) is 75.8. The Hall–Kier alpha value is -6.37. The Balaban J connectivity index is 1.35. The molecule has 1 N–H and O–H groups in total. The second-order valence-electron chi connectivity index (χ2n) is 13.3. The van der Waals surface area contributed by atoms with Crippen molar-refractivity contribution in [2.45, 2.75) is 51.6 Å². The van der Waals surface area contributed by atoms with Gasteiger partial charge in [-0.1, -0.05) is 12.1 Å². The molecule has 19 heteroatoms. The molecular formula is C38H36F4N6O9. The van der Waals surface area contributed by atoms with Crippen molar-refractivity contribution in [3.05, 3.63) is 104 Å². The van der Waals surface area contributed by atoms with Crippen LogP contribution in [0.3, 0.4) is 0 Å². The number of benzene rings is 2. The topological polar surface area (TPSA) is 173 Å². The lowest BCUT2D eigenvalue weighted by molar-refractivity contribution is -0.167. The number of anilines is 1.